The lowest BCUT2D eigenvalue weighted by atomic mass is 10.0. The third kappa shape index (κ3) is 2.21. The largest absolute Gasteiger partial charge is 0.489 e. The summed E-state index contributed by atoms with van der Waals surface area (Å²) in [6.45, 7) is 3.65. The summed E-state index contributed by atoms with van der Waals surface area (Å²) >= 11 is 0. The number of piperidine rings is 1. The van der Waals surface area contributed by atoms with Gasteiger partial charge in [0.15, 0.2) is 0 Å². The van der Waals surface area contributed by atoms with Crippen LogP contribution < -0.4 is 20.3 Å². The molecule has 5 rings (SSSR count). The molecule has 8 heteroatoms. The van der Waals surface area contributed by atoms with Crippen LogP contribution in [0, 0.1) is 0 Å². The van der Waals surface area contributed by atoms with Crippen molar-refractivity contribution < 1.29 is 19.1 Å². The number of ether oxygens (including phenoxy) is 1. The van der Waals surface area contributed by atoms with Crippen molar-refractivity contribution in [2.75, 3.05) is 31.1 Å². The number of hydrogen-bond donors (Lipinski definition) is 2. The first-order valence-corrected chi connectivity index (χ1v) is 9.04. The molecule has 4 heterocycles. The highest BCUT2D eigenvalue weighted by molar-refractivity contribution is 6.06. The molecule has 4 aliphatic heterocycles. The third-order valence-electron chi connectivity index (χ3n) is 5.73. The summed E-state index contributed by atoms with van der Waals surface area (Å²) in [5.41, 5.74) is 2.48. The highest BCUT2D eigenvalue weighted by Gasteiger charge is 2.42. The molecule has 26 heavy (non-hydrogen) atoms. The van der Waals surface area contributed by atoms with Gasteiger partial charge in [0, 0.05) is 37.2 Å². The van der Waals surface area contributed by atoms with Gasteiger partial charge in [0.2, 0.25) is 11.8 Å². The van der Waals surface area contributed by atoms with E-state index in [2.05, 4.69) is 15.5 Å². The molecule has 1 aromatic carbocycles. The van der Waals surface area contributed by atoms with Gasteiger partial charge in [0.25, 0.3) is 5.91 Å². The van der Waals surface area contributed by atoms with Gasteiger partial charge in [-0.1, -0.05) is 0 Å². The lowest BCUT2D eigenvalue weighted by Gasteiger charge is -2.42. The van der Waals surface area contributed by atoms with Gasteiger partial charge in [-0.05, 0) is 18.6 Å². The maximum absolute atomic E-state index is 12.9. The van der Waals surface area contributed by atoms with Crippen LogP contribution in [0.25, 0.3) is 0 Å². The predicted octanol–water partition coefficient (Wildman–Crippen LogP) is -0.382. The highest BCUT2D eigenvalue weighted by Crippen LogP contribution is 2.43. The standard InChI is InChI=1S/C18H20N4O4/c23-15-4-3-14(17(24)20-15)22-8-12-11(18(22)25)1-2-13-16(12)26-9-10-7-19-5-6-21(10)13/h1-2,10,14,19H,3-9H2,(H,20,23,24)/t10-,14?/m1/s1. The normalized spacial score (nSPS) is 27.5. The summed E-state index contributed by atoms with van der Waals surface area (Å²) in [7, 11) is 0. The number of amides is 3. The van der Waals surface area contributed by atoms with Crippen molar-refractivity contribution in [3.8, 4) is 5.75 Å². The monoisotopic (exact) mass is 356 g/mol. The van der Waals surface area contributed by atoms with Crippen LogP contribution >= 0.6 is 0 Å². The van der Waals surface area contributed by atoms with Crippen LogP contribution in [0.4, 0.5) is 5.69 Å². The van der Waals surface area contributed by atoms with E-state index in [0.29, 0.717) is 31.2 Å². The van der Waals surface area contributed by atoms with Crippen molar-refractivity contribution in [2.24, 2.45) is 0 Å². The summed E-state index contributed by atoms with van der Waals surface area (Å²) in [6.07, 6.45) is 0.626. The Morgan fingerprint density at radius 1 is 1.15 bits per heavy atom. The Kier molecular flexibility index (Phi) is 3.43. The molecule has 2 N–H and O–H groups in total. The van der Waals surface area contributed by atoms with E-state index in [-0.39, 0.29) is 24.1 Å². The molecule has 1 unspecified atom stereocenters. The molecule has 0 saturated carbocycles. The number of imide groups is 1. The minimum Gasteiger partial charge on any atom is -0.489 e. The number of carbonyl (C=O) groups is 3. The number of anilines is 1. The van der Waals surface area contributed by atoms with Crippen LogP contribution in [-0.4, -0.2) is 60.9 Å². The molecule has 2 atom stereocenters. The van der Waals surface area contributed by atoms with Crippen molar-refractivity contribution in [1.29, 1.82) is 0 Å². The Hall–Kier alpha value is -2.61. The molecule has 0 spiro atoms. The maximum Gasteiger partial charge on any atom is 0.255 e. The molecule has 2 saturated heterocycles. The first kappa shape index (κ1) is 15.6. The minimum atomic E-state index is -0.598. The van der Waals surface area contributed by atoms with Gasteiger partial charge in [0.05, 0.1) is 18.3 Å². The molecule has 1 aromatic rings. The van der Waals surface area contributed by atoms with Crippen molar-refractivity contribution in [3.05, 3.63) is 23.3 Å². The van der Waals surface area contributed by atoms with Crippen LogP contribution in [0.1, 0.15) is 28.8 Å². The Bertz CT molecular complexity index is 824. The SMILES string of the molecule is O=C1CCC(N2Cc3c(ccc4c3OC[C@H]3CNCCN43)C2=O)C(=O)N1. The number of nitrogens with zero attached hydrogens (tertiary/aromatic N) is 2. The van der Waals surface area contributed by atoms with E-state index in [1.165, 1.54) is 0 Å². The Labute approximate surface area is 150 Å². The Balaban J connectivity index is 1.48. The van der Waals surface area contributed by atoms with Crippen molar-refractivity contribution >= 4 is 23.4 Å². The Morgan fingerprint density at radius 2 is 2.04 bits per heavy atom. The smallest absolute Gasteiger partial charge is 0.255 e. The predicted molar refractivity (Wildman–Crippen MR) is 92.0 cm³/mol. The number of carbonyl (C=O) groups excluding carboxylic acids is 3. The third-order valence-corrected chi connectivity index (χ3v) is 5.73. The minimum absolute atomic E-state index is 0.164. The average Bonchev–Trinajstić information content (AvgIpc) is 2.98. The van der Waals surface area contributed by atoms with Gasteiger partial charge in [-0.15, -0.1) is 0 Å². The molecule has 8 nitrogen and oxygen atoms in total. The van der Waals surface area contributed by atoms with Crippen LogP contribution in [0.15, 0.2) is 12.1 Å². The van der Waals surface area contributed by atoms with Gasteiger partial charge in [-0.2, -0.15) is 0 Å². The van der Waals surface area contributed by atoms with E-state index in [0.717, 1.165) is 36.6 Å². The number of rotatable bonds is 1. The molecule has 2 fully saturated rings. The van der Waals surface area contributed by atoms with Crippen LogP contribution in [0.2, 0.25) is 0 Å². The van der Waals surface area contributed by atoms with Crippen LogP contribution in [-0.2, 0) is 16.1 Å². The molecule has 0 aromatic heterocycles. The van der Waals surface area contributed by atoms with Crippen molar-refractivity contribution in [1.82, 2.24) is 15.5 Å². The summed E-state index contributed by atoms with van der Waals surface area (Å²) < 4.78 is 6.05. The van der Waals surface area contributed by atoms with Gasteiger partial charge in [-0.3, -0.25) is 19.7 Å². The van der Waals surface area contributed by atoms with Gasteiger partial charge >= 0.3 is 0 Å². The fraction of sp³-hybridized carbons (Fsp3) is 0.500. The second kappa shape index (κ2) is 5.70. The number of piperazine rings is 1. The van der Waals surface area contributed by atoms with Gasteiger partial charge < -0.3 is 19.9 Å². The van der Waals surface area contributed by atoms with Crippen molar-refractivity contribution in [2.45, 2.75) is 31.5 Å². The van der Waals surface area contributed by atoms with Crippen LogP contribution in [0.3, 0.4) is 0 Å². The maximum atomic E-state index is 12.9. The topological polar surface area (TPSA) is 91.0 Å². The van der Waals surface area contributed by atoms with Gasteiger partial charge in [0.1, 0.15) is 18.4 Å². The average molecular weight is 356 g/mol. The van der Waals surface area contributed by atoms with E-state index < -0.39 is 6.04 Å². The zero-order valence-electron chi connectivity index (χ0n) is 14.3. The number of nitrogens with one attached hydrogen (secondary N) is 2. The highest BCUT2D eigenvalue weighted by atomic mass is 16.5. The first-order valence-electron chi connectivity index (χ1n) is 9.04. The summed E-state index contributed by atoms with van der Waals surface area (Å²) in [4.78, 5) is 40.4. The second-order valence-corrected chi connectivity index (χ2v) is 7.20. The van der Waals surface area contributed by atoms with E-state index in [1.54, 1.807) is 4.90 Å². The number of fused-ring (bicyclic) bond motifs is 5. The lowest BCUT2D eigenvalue weighted by molar-refractivity contribution is -0.136. The summed E-state index contributed by atoms with van der Waals surface area (Å²) in [5, 5.41) is 5.71. The Morgan fingerprint density at radius 3 is 2.88 bits per heavy atom. The second-order valence-electron chi connectivity index (χ2n) is 7.20. The lowest BCUT2D eigenvalue weighted by Crippen LogP contribution is -2.55. The van der Waals surface area contributed by atoms with E-state index >= 15 is 0 Å². The number of benzene rings is 1. The van der Waals surface area contributed by atoms with Crippen LogP contribution in [0.5, 0.6) is 5.75 Å². The fourth-order valence-electron chi connectivity index (χ4n) is 4.39. The molecular formula is C18H20N4O4. The molecule has 136 valence electrons. The zero-order chi connectivity index (χ0) is 17.8. The van der Waals surface area contributed by atoms with E-state index in [4.69, 9.17) is 4.74 Å². The fourth-order valence-corrected chi connectivity index (χ4v) is 4.39. The molecule has 3 amide bonds. The van der Waals surface area contributed by atoms with Crippen molar-refractivity contribution in [3.63, 3.8) is 0 Å². The molecule has 0 bridgehead atoms. The quantitative estimate of drug-likeness (QED) is 0.667. The van der Waals surface area contributed by atoms with E-state index in [1.807, 2.05) is 12.1 Å². The molecular weight excluding hydrogens is 336 g/mol. The van der Waals surface area contributed by atoms with Gasteiger partial charge in [-0.25, -0.2) is 0 Å². The number of hydrogen-bond acceptors (Lipinski definition) is 6. The summed E-state index contributed by atoms with van der Waals surface area (Å²) in [6, 6.07) is 3.50. The van der Waals surface area contributed by atoms with E-state index in [9.17, 15) is 14.4 Å². The summed E-state index contributed by atoms with van der Waals surface area (Å²) in [5.74, 6) is -0.0626. The molecule has 0 radical (unpaired) electrons. The molecule has 4 aliphatic rings. The zero-order valence-corrected chi connectivity index (χ0v) is 14.3. The molecule has 0 aliphatic carbocycles. The first-order chi connectivity index (χ1) is 12.6.